The van der Waals surface area contributed by atoms with E-state index in [0.717, 1.165) is 18.2 Å². The fraction of sp³-hybridized carbons (Fsp3) is 0.533. The molecule has 10 heteroatoms. The zero-order chi connectivity index (χ0) is 18.7. The molecule has 0 bridgehead atoms. The average Bonchev–Trinajstić information content (AvgIpc) is 2.85. The van der Waals surface area contributed by atoms with Crippen LogP contribution in [0.5, 0.6) is 5.75 Å². The van der Waals surface area contributed by atoms with Crippen LogP contribution in [-0.4, -0.2) is 39.1 Å². The third kappa shape index (κ3) is 5.52. The molecule has 1 aliphatic heterocycles. The molecule has 140 valence electrons. The highest BCUT2D eigenvalue weighted by Gasteiger charge is 2.31. The van der Waals surface area contributed by atoms with Gasteiger partial charge >= 0.3 is 12.2 Å². The minimum atomic E-state index is -4.55. The van der Waals surface area contributed by atoms with Crippen LogP contribution >= 0.6 is 0 Å². The largest absolute Gasteiger partial charge is 0.492 e. The molecular weight excluding hydrogens is 361 g/mol. The molecule has 0 saturated carbocycles. The molecule has 0 aromatic heterocycles. The first-order valence-electron chi connectivity index (χ1n) is 7.70. The van der Waals surface area contributed by atoms with Crippen molar-refractivity contribution in [1.82, 2.24) is 5.32 Å². The van der Waals surface area contributed by atoms with Crippen LogP contribution in [0.15, 0.2) is 18.2 Å². The van der Waals surface area contributed by atoms with Gasteiger partial charge in [-0.15, -0.1) is 0 Å². The fourth-order valence-electron chi connectivity index (χ4n) is 2.52. The summed E-state index contributed by atoms with van der Waals surface area (Å²) in [4.78, 5) is 11.9. The minimum absolute atomic E-state index is 0.00103. The van der Waals surface area contributed by atoms with E-state index in [9.17, 15) is 26.4 Å². The first kappa shape index (κ1) is 19.4. The number of anilines is 1. The summed E-state index contributed by atoms with van der Waals surface area (Å²) in [6.07, 6.45) is -4.09. The second kappa shape index (κ2) is 7.51. The van der Waals surface area contributed by atoms with Crippen LogP contribution in [0.1, 0.15) is 18.9 Å². The van der Waals surface area contributed by atoms with Crippen LogP contribution in [-0.2, 0) is 16.0 Å². The SMILES string of the molecule is CCOc1ccc(C(F)(F)F)cc1NC(=O)NC[C@@H]1CCS(=O)(=O)C1. The predicted octanol–water partition coefficient (Wildman–Crippen LogP) is 2.66. The van der Waals surface area contributed by atoms with Crippen LogP contribution in [0, 0.1) is 5.92 Å². The Kier molecular flexibility index (Phi) is 5.81. The number of hydrogen-bond donors (Lipinski definition) is 2. The van der Waals surface area contributed by atoms with Crippen LogP contribution in [0.25, 0.3) is 0 Å². The maximum Gasteiger partial charge on any atom is 0.416 e. The number of carbonyl (C=O) groups is 1. The maximum atomic E-state index is 12.8. The van der Waals surface area contributed by atoms with Crippen molar-refractivity contribution in [2.45, 2.75) is 19.5 Å². The van der Waals surface area contributed by atoms with Gasteiger partial charge in [-0.3, -0.25) is 0 Å². The molecule has 2 rings (SSSR count). The van der Waals surface area contributed by atoms with Crippen LogP contribution < -0.4 is 15.4 Å². The van der Waals surface area contributed by atoms with Gasteiger partial charge in [0, 0.05) is 6.54 Å². The molecule has 1 aromatic rings. The zero-order valence-corrected chi connectivity index (χ0v) is 14.3. The number of benzene rings is 1. The normalized spacial score (nSPS) is 19.4. The van der Waals surface area contributed by atoms with Gasteiger partial charge in [0.05, 0.1) is 29.4 Å². The molecule has 1 heterocycles. The third-order valence-corrected chi connectivity index (χ3v) is 5.57. The molecule has 1 atom stereocenters. The van der Waals surface area contributed by atoms with Gasteiger partial charge in [-0.05, 0) is 37.5 Å². The van der Waals surface area contributed by atoms with E-state index in [1.165, 1.54) is 0 Å². The summed E-state index contributed by atoms with van der Waals surface area (Å²) in [6.45, 7) is 2.03. The summed E-state index contributed by atoms with van der Waals surface area (Å²) in [7, 11) is -3.06. The highest BCUT2D eigenvalue weighted by atomic mass is 32.2. The van der Waals surface area contributed by atoms with Gasteiger partial charge in [-0.1, -0.05) is 0 Å². The van der Waals surface area contributed by atoms with E-state index in [4.69, 9.17) is 4.74 Å². The molecule has 6 nitrogen and oxygen atoms in total. The lowest BCUT2D eigenvalue weighted by atomic mass is 10.1. The van der Waals surface area contributed by atoms with Gasteiger partial charge in [0.15, 0.2) is 9.84 Å². The number of nitrogens with one attached hydrogen (secondary N) is 2. The van der Waals surface area contributed by atoms with E-state index >= 15 is 0 Å². The van der Waals surface area contributed by atoms with Gasteiger partial charge in [-0.25, -0.2) is 13.2 Å². The van der Waals surface area contributed by atoms with Gasteiger partial charge in [0.2, 0.25) is 0 Å². The maximum absolute atomic E-state index is 12.8. The molecule has 1 saturated heterocycles. The first-order chi connectivity index (χ1) is 11.6. The van der Waals surface area contributed by atoms with E-state index < -0.39 is 27.6 Å². The molecule has 0 unspecified atom stereocenters. The number of rotatable bonds is 5. The second-order valence-corrected chi connectivity index (χ2v) is 7.97. The van der Waals surface area contributed by atoms with E-state index in [1.54, 1.807) is 6.92 Å². The van der Waals surface area contributed by atoms with Crippen molar-refractivity contribution in [1.29, 1.82) is 0 Å². The molecule has 2 amide bonds. The number of hydrogen-bond acceptors (Lipinski definition) is 4. The molecule has 0 aliphatic carbocycles. The lowest BCUT2D eigenvalue weighted by molar-refractivity contribution is -0.137. The quantitative estimate of drug-likeness (QED) is 0.823. The summed E-state index contributed by atoms with van der Waals surface area (Å²) < 4.78 is 66.4. The number of carbonyl (C=O) groups excluding carboxylic acids is 1. The van der Waals surface area contributed by atoms with Crippen molar-refractivity contribution in [3.63, 3.8) is 0 Å². The summed E-state index contributed by atoms with van der Waals surface area (Å²) in [5, 5.41) is 4.82. The molecule has 0 radical (unpaired) electrons. The molecule has 0 spiro atoms. The number of halogens is 3. The summed E-state index contributed by atoms with van der Waals surface area (Å²) >= 11 is 0. The number of alkyl halides is 3. The topological polar surface area (TPSA) is 84.5 Å². The Morgan fingerprint density at radius 2 is 2.08 bits per heavy atom. The molecule has 1 fully saturated rings. The lowest BCUT2D eigenvalue weighted by Gasteiger charge is -2.16. The van der Waals surface area contributed by atoms with Crippen molar-refractivity contribution in [3.8, 4) is 5.75 Å². The van der Waals surface area contributed by atoms with E-state index in [0.29, 0.717) is 6.42 Å². The van der Waals surface area contributed by atoms with Crippen molar-refractivity contribution in [2.75, 3.05) is 30.0 Å². The number of ether oxygens (including phenoxy) is 1. The Morgan fingerprint density at radius 1 is 1.36 bits per heavy atom. The fourth-order valence-corrected chi connectivity index (χ4v) is 4.38. The van der Waals surface area contributed by atoms with Gasteiger partial charge in [-0.2, -0.15) is 13.2 Å². The highest BCUT2D eigenvalue weighted by molar-refractivity contribution is 7.91. The Bertz CT molecular complexity index is 735. The molecular formula is C15H19F3N2O4S. The standard InChI is InChI=1S/C15H19F3N2O4S/c1-2-24-13-4-3-11(15(16,17)18)7-12(13)20-14(21)19-8-10-5-6-25(22,23)9-10/h3-4,7,10H,2,5-6,8-9H2,1H3,(H2,19,20,21)/t10-/m0/s1. The van der Waals surface area contributed by atoms with Gasteiger partial charge in [0.25, 0.3) is 0 Å². The monoisotopic (exact) mass is 380 g/mol. The van der Waals surface area contributed by atoms with Crippen LogP contribution in [0.4, 0.5) is 23.7 Å². The summed E-state index contributed by atoms with van der Waals surface area (Å²) in [6, 6.07) is 2.10. The molecule has 25 heavy (non-hydrogen) atoms. The van der Waals surface area contributed by atoms with Gasteiger partial charge in [0.1, 0.15) is 5.75 Å². The first-order valence-corrected chi connectivity index (χ1v) is 9.52. The second-order valence-electron chi connectivity index (χ2n) is 5.75. The molecule has 1 aliphatic rings. The predicted molar refractivity (Wildman–Crippen MR) is 86.4 cm³/mol. The van der Waals surface area contributed by atoms with Crippen LogP contribution in [0.3, 0.4) is 0 Å². The van der Waals surface area contributed by atoms with Crippen LogP contribution in [0.2, 0.25) is 0 Å². The summed E-state index contributed by atoms with van der Waals surface area (Å²) in [5.74, 6) is 0.0159. The number of sulfone groups is 1. The third-order valence-electron chi connectivity index (χ3n) is 3.73. The Morgan fingerprint density at radius 3 is 2.64 bits per heavy atom. The average molecular weight is 380 g/mol. The number of urea groups is 1. The Labute approximate surface area is 143 Å². The van der Waals surface area contributed by atoms with E-state index in [2.05, 4.69) is 10.6 Å². The Hall–Kier alpha value is -1.97. The van der Waals surface area contributed by atoms with Gasteiger partial charge < -0.3 is 15.4 Å². The molecule has 2 N–H and O–H groups in total. The highest BCUT2D eigenvalue weighted by Crippen LogP contribution is 2.35. The summed E-state index contributed by atoms with van der Waals surface area (Å²) in [5.41, 5.74) is -1.01. The van der Waals surface area contributed by atoms with Crippen molar-refractivity contribution < 1.29 is 31.1 Å². The minimum Gasteiger partial charge on any atom is -0.492 e. The van der Waals surface area contributed by atoms with Crippen molar-refractivity contribution in [2.24, 2.45) is 5.92 Å². The number of amides is 2. The van der Waals surface area contributed by atoms with Crippen molar-refractivity contribution >= 4 is 21.6 Å². The van der Waals surface area contributed by atoms with E-state index in [1.807, 2.05) is 0 Å². The molecule has 1 aromatic carbocycles. The smallest absolute Gasteiger partial charge is 0.416 e. The Balaban J connectivity index is 2.03. The zero-order valence-electron chi connectivity index (χ0n) is 13.5. The van der Waals surface area contributed by atoms with Crippen molar-refractivity contribution in [3.05, 3.63) is 23.8 Å². The lowest BCUT2D eigenvalue weighted by Crippen LogP contribution is -2.33. The van der Waals surface area contributed by atoms with E-state index in [-0.39, 0.29) is 42.0 Å².